The molecule has 0 N–H and O–H groups in total. The average Bonchev–Trinajstić information content (AvgIpc) is 2.90. The van der Waals surface area contributed by atoms with Crippen LogP contribution in [0.5, 0.6) is 0 Å². The highest BCUT2D eigenvalue weighted by Gasteiger charge is 2.03. The van der Waals surface area contributed by atoms with Crippen LogP contribution in [0.25, 0.3) is 16.7 Å². The Labute approximate surface area is 109 Å². The molecule has 0 unspecified atom stereocenters. The molecule has 0 amide bonds. The molecule has 19 heavy (non-hydrogen) atoms. The van der Waals surface area contributed by atoms with Crippen molar-refractivity contribution >= 4 is 10.9 Å². The van der Waals surface area contributed by atoms with Gasteiger partial charge in [-0.05, 0) is 24.3 Å². The molecule has 0 aliphatic heterocycles. The van der Waals surface area contributed by atoms with E-state index < -0.39 is 6.67 Å². The van der Waals surface area contributed by atoms with Gasteiger partial charge in [0.2, 0.25) is 0 Å². The number of nitrogens with zero attached hydrogens (tertiary/aromatic N) is 3. The number of alkyl halides is 1. The lowest BCUT2D eigenvalue weighted by molar-refractivity contribution is 0.573. The van der Waals surface area contributed by atoms with Gasteiger partial charge in [0.15, 0.2) is 6.67 Å². The molecule has 0 aliphatic carbocycles. The molecule has 3 rings (SSSR count). The topological polar surface area (TPSA) is 30.7 Å². The van der Waals surface area contributed by atoms with Gasteiger partial charge in [-0.3, -0.25) is 9.55 Å². The molecule has 0 bridgehead atoms. The predicted octanol–water partition coefficient (Wildman–Crippen LogP) is 2.74. The summed E-state index contributed by atoms with van der Waals surface area (Å²) in [5.41, 5.74) is 1.70. The maximum absolute atomic E-state index is 12.0. The van der Waals surface area contributed by atoms with Crippen molar-refractivity contribution in [3.05, 3.63) is 54.6 Å². The zero-order valence-corrected chi connectivity index (χ0v) is 10.0. The predicted molar refractivity (Wildman–Crippen MR) is 71.7 cm³/mol. The fourth-order valence-corrected chi connectivity index (χ4v) is 1.91. The number of hydrogen-bond donors (Lipinski definition) is 0. The van der Waals surface area contributed by atoms with Crippen LogP contribution in [0.2, 0.25) is 0 Å². The van der Waals surface area contributed by atoms with Crippen LogP contribution in [0.4, 0.5) is 4.39 Å². The van der Waals surface area contributed by atoms with Crippen LogP contribution in [-0.4, -0.2) is 21.2 Å². The molecular weight excluding hydrogens is 241 g/mol. The molecule has 4 heteroatoms. The number of rotatable bonds is 1. The molecule has 3 heterocycles. The van der Waals surface area contributed by atoms with E-state index in [1.165, 1.54) is 0 Å². The summed E-state index contributed by atoms with van der Waals surface area (Å²) in [4.78, 5) is 8.45. The van der Waals surface area contributed by atoms with Crippen LogP contribution >= 0.6 is 0 Å². The standard InChI is InChI=1S/C15H10FN3/c16-7-1-2-12-3-4-15(18-10-12)19-9-6-13-5-8-17-11-14(13)19/h3-6,8-11H,7H2. The van der Waals surface area contributed by atoms with Gasteiger partial charge < -0.3 is 0 Å². The summed E-state index contributed by atoms with van der Waals surface area (Å²) in [5, 5.41) is 1.11. The van der Waals surface area contributed by atoms with E-state index >= 15 is 0 Å². The number of pyridine rings is 2. The molecule has 3 aromatic rings. The molecule has 3 aromatic heterocycles. The lowest BCUT2D eigenvalue weighted by Gasteiger charge is -2.03. The molecule has 3 nitrogen and oxygen atoms in total. The van der Waals surface area contributed by atoms with Crippen molar-refractivity contribution in [2.24, 2.45) is 0 Å². The van der Waals surface area contributed by atoms with Crippen LogP contribution in [-0.2, 0) is 0 Å². The Hall–Kier alpha value is -2.67. The lowest BCUT2D eigenvalue weighted by atomic mass is 10.3. The van der Waals surface area contributed by atoms with Crippen molar-refractivity contribution in [1.29, 1.82) is 0 Å². The first-order chi connectivity index (χ1) is 9.38. The van der Waals surface area contributed by atoms with Crippen molar-refractivity contribution in [2.45, 2.75) is 0 Å². The zero-order chi connectivity index (χ0) is 13.1. The number of fused-ring (bicyclic) bond motifs is 1. The zero-order valence-electron chi connectivity index (χ0n) is 10.0. The minimum atomic E-state index is -0.643. The van der Waals surface area contributed by atoms with Crippen LogP contribution < -0.4 is 0 Å². The number of aromatic nitrogens is 3. The fourth-order valence-electron chi connectivity index (χ4n) is 1.91. The van der Waals surface area contributed by atoms with Crippen molar-refractivity contribution < 1.29 is 4.39 Å². The van der Waals surface area contributed by atoms with Gasteiger partial charge in [-0.15, -0.1) is 0 Å². The first kappa shape index (κ1) is 11.4. The molecule has 0 saturated carbocycles. The second-order valence-electron chi connectivity index (χ2n) is 3.96. The van der Waals surface area contributed by atoms with Crippen LogP contribution in [0.15, 0.2) is 49.1 Å². The van der Waals surface area contributed by atoms with Gasteiger partial charge in [-0.25, -0.2) is 9.37 Å². The largest absolute Gasteiger partial charge is 0.300 e. The Morgan fingerprint density at radius 1 is 1.16 bits per heavy atom. The third-order valence-corrected chi connectivity index (χ3v) is 2.79. The van der Waals surface area contributed by atoms with E-state index in [-0.39, 0.29) is 0 Å². The van der Waals surface area contributed by atoms with E-state index in [1.54, 1.807) is 18.6 Å². The van der Waals surface area contributed by atoms with Crippen molar-refractivity contribution in [2.75, 3.05) is 6.67 Å². The molecular formula is C15H10FN3. The van der Waals surface area contributed by atoms with E-state index in [4.69, 9.17) is 0 Å². The quantitative estimate of drug-likeness (QED) is 0.623. The summed E-state index contributed by atoms with van der Waals surface area (Å²) in [7, 11) is 0. The fraction of sp³-hybridized carbons (Fsp3) is 0.0667. The van der Waals surface area contributed by atoms with Crippen LogP contribution in [0.3, 0.4) is 0 Å². The summed E-state index contributed by atoms with van der Waals surface area (Å²) in [6.07, 6.45) is 7.14. The van der Waals surface area contributed by atoms with E-state index in [2.05, 4.69) is 21.8 Å². The first-order valence-electron chi connectivity index (χ1n) is 5.81. The first-order valence-corrected chi connectivity index (χ1v) is 5.81. The highest BCUT2D eigenvalue weighted by molar-refractivity contribution is 5.80. The highest BCUT2D eigenvalue weighted by atomic mass is 19.1. The number of halogens is 1. The van der Waals surface area contributed by atoms with E-state index in [9.17, 15) is 4.39 Å². The molecule has 0 spiro atoms. The van der Waals surface area contributed by atoms with Gasteiger partial charge in [0, 0.05) is 29.5 Å². The minimum Gasteiger partial charge on any atom is -0.300 e. The summed E-state index contributed by atoms with van der Waals surface area (Å²) in [5.74, 6) is 5.86. The van der Waals surface area contributed by atoms with E-state index in [0.717, 1.165) is 16.7 Å². The maximum atomic E-state index is 12.0. The van der Waals surface area contributed by atoms with Gasteiger partial charge in [-0.1, -0.05) is 11.8 Å². The van der Waals surface area contributed by atoms with Crippen molar-refractivity contribution in [3.63, 3.8) is 0 Å². The van der Waals surface area contributed by atoms with E-state index in [0.29, 0.717) is 5.56 Å². The third-order valence-electron chi connectivity index (χ3n) is 2.79. The lowest BCUT2D eigenvalue weighted by Crippen LogP contribution is -1.95. The summed E-state index contributed by atoms with van der Waals surface area (Å²) < 4.78 is 13.9. The molecule has 0 aliphatic rings. The molecule has 92 valence electrons. The smallest absolute Gasteiger partial charge is 0.150 e. The average molecular weight is 251 g/mol. The molecule has 0 radical (unpaired) electrons. The van der Waals surface area contributed by atoms with Crippen LogP contribution in [0.1, 0.15) is 5.56 Å². The molecule has 0 atom stereocenters. The van der Waals surface area contributed by atoms with Gasteiger partial charge >= 0.3 is 0 Å². The number of hydrogen-bond acceptors (Lipinski definition) is 2. The second-order valence-corrected chi connectivity index (χ2v) is 3.96. The van der Waals surface area contributed by atoms with Gasteiger partial charge in [-0.2, -0.15) is 0 Å². The summed E-state index contributed by atoms with van der Waals surface area (Å²) >= 11 is 0. The Morgan fingerprint density at radius 3 is 2.89 bits per heavy atom. The van der Waals surface area contributed by atoms with Crippen LogP contribution in [0, 0.1) is 11.8 Å². The minimum absolute atomic E-state index is 0.643. The Kier molecular flexibility index (Phi) is 2.95. The third kappa shape index (κ3) is 2.18. The highest BCUT2D eigenvalue weighted by Crippen LogP contribution is 2.17. The Morgan fingerprint density at radius 2 is 2.11 bits per heavy atom. The van der Waals surface area contributed by atoms with E-state index in [1.807, 2.05) is 35.0 Å². The summed E-state index contributed by atoms with van der Waals surface area (Å²) in [6, 6.07) is 7.64. The Balaban J connectivity index is 2.02. The normalized spacial score (nSPS) is 10.2. The Bertz CT molecular complexity index is 763. The molecule has 0 fully saturated rings. The van der Waals surface area contributed by atoms with Crippen molar-refractivity contribution in [1.82, 2.24) is 14.5 Å². The molecule has 0 aromatic carbocycles. The summed E-state index contributed by atoms with van der Waals surface area (Å²) in [6.45, 7) is -0.643. The SMILES string of the molecule is FCC#Cc1ccc(-n2ccc3ccncc32)nc1. The molecule has 0 saturated heterocycles. The van der Waals surface area contributed by atoms with Gasteiger partial charge in [0.1, 0.15) is 5.82 Å². The monoisotopic (exact) mass is 251 g/mol. The maximum Gasteiger partial charge on any atom is 0.150 e. The van der Waals surface area contributed by atoms with Gasteiger partial charge in [0.05, 0.1) is 11.7 Å². The van der Waals surface area contributed by atoms with Crippen molar-refractivity contribution in [3.8, 4) is 17.7 Å². The second kappa shape index (κ2) is 4.91. The van der Waals surface area contributed by atoms with Gasteiger partial charge in [0.25, 0.3) is 0 Å².